The van der Waals surface area contributed by atoms with E-state index in [1.54, 1.807) is 21.6 Å². The highest BCUT2D eigenvalue weighted by molar-refractivity contribution is 8.12. The molecule has 6 rings (SSSR count). The number of benzene rings is 2. The molecule has 43 heavy (non-hydrogen) atoms. The normalized spacial score (nSPS) is 32.8. The van der Waals surface area contributed by atoms with Gasteiger partial charge in [-0.05, 0) is 49.9 Å². The Morgan fingerprint density at radius 2 is 1.79 bits per heavy atom. The van der Waals surface area contributed by atoms with Gasteiger partial charge in [0.1, 0.15) is 6.23 Å². The van der Waals surface area contributed by atoms with E-state index >= 15 is 0 Å². The highest BCUT2D eigenvalue weighted by atomic mass is 32.2. The third-order valence-corrected chi connectivity index (χ3v) is 12.0. The number of carbonyl (C=O) groups is 1. The van der Waals surface area contributed by atoms with Crippen LogP contribution in [0.1, 0.15) is 80.3 Å². The van der Waals surface area contributed by atoms with Crippen molar-refractivity contribution >= 4 is 23.2 Å². The van der Waals surface area contributed by atoms with Gasteiger partial charge >= 0.3 is 0 Å². The highest BCUT2D eigenvalue weighted by Crippen LogP contribution is 2.60. The van der Waals surface area contributed by atoms with Crippen LogP contribution in [-0.2, 0) is 12.1 Å². The summed E-state index contributed by atoms with van der Waals surface area (Å²) in [5.41, 5.74) is 4.89. The number of aliphatic imine (C=N–C) groups is 1. The maximum absolute atomic E-state index is 14.2. The molecular formula is C34H44N4O4S. The Bertz CT molecular complexity index is 1420. The molecule has 1 amide bonds. The monoisotopic (exact) mass is 604 g/mol. The fourth-order valence-corrected chi connectivity index (χ4v) is 9.24. The van der Waals surface area contributed by atoms with E-state index in [1.807, 2.05) is 43.7 Å². The lowest BCUT2D eigenvalue weighted by molar-refractivity contribution is -0.619. The molecule has 3 heterocycles. The molecule has 7 atom stereocenters. The Labute approximate surface area is 259 Å². The molecular weight excluding hydrogens is 560 g/mol. The molecule has 4 aliphatic rings. The first-order chi connectivity index (χ1) is 20.4. The Morgan fingerprint density at radius 3 is 2.37 bits per heavy atom. The number of fused-ring (bicyclic) bond motifs is 1. The molecule has 1 saturated carbocycles. The fraction of sp³-hybridized carbons (Fsp3) is 0.588. The number of rotatable bonds is 9. The molecule has 2 aromatic carbocycles. The number of thioether (sulfide) groups is 1. The third kappa shape index (κ3) is 4.96. The van der Waals surface area contributed by atoms with Gasteiger partial charge in [0.05, 0.1) is 28.4 Å². The zero-order chi connectivity index (χ0) is 30.8. The number of aliphatic hydroxyl groups is 1. The van der Waals surface area contributed by atoms with E-state index in [9.17, 15) is 19.9 Å². The Morgan fingerprint density at radius 1 is 1.12 bits per heavy atom. The second-order valence-corrected chi connectivity index (χ2v) is 14.9. The largest absolute Gasteiger partial charge is 0.851 e. The van der Waals surface area contributed by atoms with Crippen molar-refractivity contribution in [3.8, 4) is 0 Å². The van der Waals surface area contributed by atoms with Crippen molar-refractivity contribution in [1.29, 1.82) is 0 Å². The highest BCUT2D eigenvalue weighted by Gasteiger charge is 2.73. The van der Waals surface area contributed by atoms with Gasteiger partial charge in [-0.2, -0.15) is 0 Å². The van der Waals surface area contributed by atoms with E-state index in [-0.39, 0.29) is 47.5 Å². The summed E-state index contributed by atoms with van der Waals surface area (Å²) in [5.74, 6) is 0.166. The molecule has 8 nitrogen and oxygen atoms in total. The minimum atomic E-state index is -1.05. The molecule has 1 saturated heterocycles. The van der Waals surface area contributed by atoms with Crippen molar-refractivity contribution < 1.29 is 19.8 Å². The van der Waals surface area contributed by atoms with E-state index < -0.39 is 30.0 Å². The minimum Gasteiger partial charge on any atom is -0.851 e. The Balaban J connectivity index is 1.22. The van der Waals surface area contributed by atoms with Crippen LogP contribution >= 0.6 is 11.8 Å². The smallest absolute Gasteiger partial charge is 0.254 e. The van der Waals surface area contributed by atoms with E-state index in [2.05, 4.69) is 57.0 Å². The van der Waals surface area contributed by atoms with Crippen LogP contribution in [0, 0.1) is 22.7 Å². The van der Waals surface area contributed by atoms with Crippen LogP contribution in [0.25, 0.3) is 0 Å². The number of nitrogens with zero attached hydrogens (tertiary/aromatic N) is 4. The molecule has 1 aliphatic carbocycles. The number of hydrogen-bond donors (Lipinski definition) is 1. The number of amides is 1. The predicted octanol–water partition coefficient (Wildman–Crippen LogP) is 4.34. The summed E-state index contributed by atoms with van der Waals surface area (Å²) in [6, 6.07) is 15.1. The number of nitroso groups, excluding NO2 is 1. The average Bonchev–Trinajstić information content (AvgIpc) is 3.32. The molecule has 0 aromatic heterocycles. The van der Waals surface area contributed by atoms with E-state index in [0.717, 1.165) is 11.1 Å². The summed E-state index contributed by atoms with van der Waals surface area (Å²) in [7, 11) is 0. The van der Waals surface area contributed by atoms with Crippen LogP contribution in [0.15, 0.2) is 53.5 Å². The lowest BCUT2D eigenvalue weighted by Crippen LogP contribution is -2.57. The van der Waals surface area contributed by atoms with Gasteiger partial charge in [0, 0.05) is 39.2 Å². The van der Waals surface area contributed by atoms with Crippen molar-refractivity contribution in [2.24, 2.45) is 22.7 Å². The number of hydrogen-bond acceptors (Lipinski definition) is 7. The van der Waals surface area contributed by atoms with Gasteiger partial charge < -0.3 is 15.1 Å². The second-order valence-electron chi connectivity index (χ2n) is 13.9. The Kier molecular flexibility index (Phi) is 7.85. The van der Waals surface area contributed by atoms with E-state index in [0.29, 0.717) is 18.5 Å². The molecule has 3 aliphatic heterocycles. The van der Waals surface area contributed by atoms with Gasteiger partial charge in [0.2, 0.25) is 12.1 Å². The van der Waals surface area contributed by atoms with Crippen LogP contribution in [0.2, 0.25) is 0 Å². The number of aliphatic hydroxyl groups excluding tert-OH is 1. The molecule has 230 valence electrons. The zero-order valence-electron chi connectivity index (χ0n) is 26.0. The summed E-state index contributed by atoms with van der Waals surface area (Å²) in [4.78, 5) is 35.7. The molecule has 0 spiro atoms. The standard InChI is InChI=1S/C34H44N4O4S/c1-20(2)29(37-16-24-9-7-8-10-28(24)31(37)40)32(41)36-18-27(39)15-26(36)17-38(42)34(21(3)22(34)4)25-13-11-23(12-14-25)30-33(5,6)35-19-43-30/h7-14,19-22,26-27,29-30,32,41H,15-18H2,1-6H3. The number of likely N-dealkylation sites (tertiary alicyclic amines) is 1. The van der Waals surface area contributed by atoms with Gasteiger partial charge in [-0.1, -0.05) is 70.2 Å². The molecule has 0 bridgehead atoms. The predicted molar refractivity (Wildman–Crippen MR) is 168 cm³/mol. The zero-order valence-corrected chi connectivity index (χ0v) is 26.8. The molecule has 0 radical (unpaired) electrons. The van der Waals surface area contributed by atoms with Crippen LogP contribution in [0.4, 0.5) is 0 Å². The Hall–Kier alpha value is -2.59. The molecule has 2 fully saturated rings. The van der Waals surface area contributed by atoms with Crippen LogP contribution in [-0.4, -0.2) is 74.2 Å². The first kappa shape index (κ1) is 30.4. The van der Waals surface area contributed by atoms with Gasteiger partial charge in [-0.25, -0.2) is 0 Å². The van der Waals surface area contributed by atoms with Gasteiger partial charge in [0.15, 0.2) is 0 Å². The van der Waals surface area contributed by atoms with Crippen molar-refractivity contribution in [2.75, 3.05) is 13.1 Å². The first-order valence-electron chi connectivity index (χ1n) is 15.6. The van der Waals surface area contributed by atoms with Crippen LogP contribution < -0.4 is 5.11 Å². The lowest BCUT2D eigenvalue weighted by Gasteiger charge is -2.40. The van der Waals surface area contributed by atoms with Crippen LogP contribution in [0.3, 0.4) is 0 Å². The third-order valence-electron chi connectivity index (χ3n) is 10.7. The van der Waals surface area contributed by atoms with Crippen molar-refractivity contribution in [3.05, 3.63) is 75.7 Å². The summed E-state index contributed by atoms with van der Waals surface area (Å²) >= 11 is 1.73. The van der Waals surface area contributed by atoms with Crippen LogP contribution in [0.5, 0.6) is 0 Å². The average molecular weight is 605 g/mol. The quantitative estimate of drug-likeness (QED) is 0.428. The summed E-state index contributed by atoms with van der Waals surface area (Å²) < 4.78 is 1.19. The summed E-state index contributed by atoms with van der Waals surface area (Å²) in [6.45, 7) is 13.2. The summed E-state index contributed by atoms with van der Waals surface area (Å²) in [5, 5.41) is 25.0. The number of carbonyl (C=O) groups excluding carboxylic acids is 1. The van der Waals surface area contributed by atoms with E-state index in [4.69, 9.17) is 0 Å². The molecule has 2 aromatic rings. The van der Waals surface area contributed by atoms with E-state index in [1.165, 1.54) is 10.3 Å². The van der Waals surface area contributed by atoms with Crippen molar-refractivity contribution in [1.82, 2.24) is 9.80 Å². The van der Waals surface area contributed by atoms with Crippen molar-refractivity contribution in [3.63, 3.8) is 0 Å². The minimum absolute atomic E-state index is 0.0512. The topological polar surface area (TPSA) is 99.3 Å². The van der Waals surface area contributed by atoms with Gasteiger partial charge in [0.25, 0.3) is 5.91 Å². The maximum atomic E-state index is 14.2. The SMILES string of the molecule is CC(C)C(C(O)N1CC([O-])CC1C[N+](=O)C1(c2ccc(C3SC=NC3(C)C)cc2)C(C)C1C)N1Cc2ccccc2C1=O. The molecule has 9 heteroatoms. The van der Waals surface area contributed by atoms with Gasteiger partial charge in [-0.15, -0.1) is 17.9 Å². The maximum Gasteiger partial charge on any atom is 0.254 e. The first-order valence-corrected chi connectivity index (χ1v) is 16.5. The van der Waals surface area contributed by atoms with Gasteiger partial charge in [-0.3, -0.25) is 14.7 Å². The fourth-order valence-electron chi connectivity index (χ4n) is 8.07. The molecule has 1 N–H and O–H groups in total. The second kappa shape index (κ2) is 11.1. The van der Waals surface area contributed by atoms with Crippen molar-refractivity contribution in [2.45, 2.75) is 95.3 Å². The molecule has 7 unspecified atom stereocenters. The lowest BCUT2D eigenvalue weighted by atomic mass is 9.92. The summed E-state index contributed by atoms with van der Waals surface area (Å²) in [6.07, 6.45) is -1.65.